The van der Waals surface area contributed by atoms with Crippen LogP contribution in [0, 0.1) is 22.7 Å². The molecule has 0 radical (unpaired) electrons. The Kier molecular flexibility index (Phi) is 4.29. The van der Waals surface area contributed by atoms with Crippen molar-refractivity contribution in [3.05, 3.63) is 11.1 Å². The Morgan fingerprint density at radius 1 is 1.00 bits per heavy atom. The molecule has 0 aromatic carbocycles. The molecule has 7 nitrogen and oxygen atoms in total. The number of carbonyl (C=O) groups is 3. The van der Waals surface area contributed by atoms with Crippen LogP contribution in [0.3, 0.4) is 0 Å². The second-order valence-corrected chi connectivity index (χ2v) is 10.9. The number of hydrogen-bond donors (Lipinski definition) is 0. The summed E-state index contributed by atoms with van der Waals surface area (Å²) >= 11 is 0. The molecule has 1 saturated heterocycles. The molecule has 5 aliphatic rings. The average molecular weight is 433 g/mol. The van der Waals surface area contributed by atoms with Crippen molar-refractivity contribution in [3.8, 4) is 0 Å². The summed E-state index contributed by atoms with van der Waals surface area (Å²) in [7, 11) is 0. The Morgan fingerprint density at radius 2 is 1.65 bits per heavy atom. The van der Waals surface area contributed by atoms with Gasteiger partial charge < -0.3 is 18.9 Å². The summed E-state index contributed by atoms with van der Waals surface area (Å²) in [6, 6.07) is 0. The average Bonchev–Trinajstić information content (AvgIpc) is 3.30. The third-order valence-corrected chi connectivity index (χ3v) is 9.17. The molecule has 3 saturated carbocycles. The van der Waals surface area contributed by atoms with Gasteiger partial charge in [0, 0.05) is 48.2 Å². The van der Waals surface area contributed by atoms with E-state index < -0.39 is 6.10 Å². The summed E-state index contributed by atoms with van der Waals surface area (Å²) < 4.78 is 23.8. The highest BCUT2D eigenvalue weighted by atomic mass is 16.6. The minimum Gasteiger partial charge on any atom is -0.462 e. The third kappa shape index (κ3) is 2.65. The third-order valence-electron chi connectivity index (χ3n) is 9.17. The van der Waals surface area contributed by atoms with E-state index >= 15 is 0 Å². The van der Waals surface area contributed by atoms with Crippen molar-refractivity contribution in [2.45, 2.75) is 97.2 Å². The van der Waals surface area contributed by atoms with Gasteiger partial charge in [-0.15, -0.1) is 0 Å². The van der Waals surface area contributed by atoms with Crippen LogP contribution in [0.1, 0.15) is 67.2 Å². The van der Waals surface area contributed by atoms with Crippen LogP contribution in [0.25, 0.3) is 0 Å². The summed E-state index contributed by atoms with van der Waals surface area (Å²) in [4.78, 5) is 36.2. The van der Waals surface area contributed by atoms with Gasteiger partial charge in [-0.25, -0.2) is 4.79 Å². The van der Waals surface area contributed by atoms with Crippen LogP contribution in [0.15, 0.2) is 11.1 Å². The summed E-state index contributed by atoms with van der Waals surface area (Å²) in [5.41, 5.74) is 0.706. The van der Waals surface area contributed by atoms with Gasteiger partial charge in [0.25, 0.3) is 0 Å². The van der Waals surface area contributed by atoms with Gasteiger partial charge in [0.2, 0.25) is 0 Å². The number of ether oxygens (including phenoxy) is 4. The first-order chi connectivity index (χ1) is 14.4. The van der Waals surface area contributed by atoms with Crippen LogP contribution >= 0.6 is 0 Å². The standard InChI is InChI=1S/C24H32O7/c1-11-19-14(30-21(11)27)9-16-23(6)15(7-8-24(16)20(19)31-24)22(4,5)17(28-12(2)25)10-18(23)29-13(3)26/h14-18,20H,7-10H2,1-6H3/t14-,15-,16+,17+,18+,20-,23-,24+/m0/s1. The van der Waals surface area contributed by atoms with E-state index in [2.05, 4.69) is 20.8 Å². The largest absolute Gasteiger partial charge is 0.462 e. The topological polar surface area (TPSA) is 91.4 Å². The van der Waals surface area contributed by atoms with Crippen molar-refractivity contribution < 1.29 is 33.3 Å². The summed E-state index contributed by atoms with van der Waals surface area (Å²) in [5.74, 6) is -0.660. The van der Waals surface area contributed by atoms with Crippen molar-refractivity contribution in [2.75, 3.05) is 0 Å². The molecule has 8 atom stereocenters. The highest BCUT2D eigenvalue weighted by Crippen LogP contribution is 2.72. The van der Waals surface area contributed by atoms with Gasteiger partial charge in [-0.3, -0.25) is 9.59 Å². The molecule has 2 heterocycles. The maximum atomic E-state index is 12.3. The van der Waals surface area contributed by atoms with Crippen LogP contribution in [-0.2, 0) is 33.3 Å². The first-order valence-corrected chi connectivity index (χ1v) is 11.4. The lowest BCUT2D eigenvalue weighted by atomic mass is 9.42. The van der Waals surface area contributed by atoms with Crippen molar-refractivity contribution in [1.82, 2.24) is 0 Å². The predicted octanol–water partition coefficient (Wildman–Crippen LogP) is 3.10. The molecule has 1 spiro atoms. The first-order valence-electron chi connectivity index (χ1n) is 11.4. The molecule has 170 valence electrons. The SMILES string of the molecule is CC(=O)O[C@@H]1C[C@@H](OC(C)=O)[C@@]2(C)[C@@H](CC[C@]34O[C@H]3C3=C(C)C(=O)O[C@H]3C[C@@H]42)C1(C)C. The summed E-state index contributed by atoms with van der Waals surface area (Å²) in [6.07, 6.45) is 1.82. The van der Waals surface area contributed by atoms with Crippen LogP contribution in [-0.4, -0.2) is 47.9 Å². The number of rotatable bonds is 2. The lowest BCUT2D eigenvalue weighted by molar-refractivity contribution is -0.232. The Labute approximate surface area is 182 Å². The van der Waals surface area contributed by atoms with E-state index in [0.29, 0.717) is 18.4 Å². The van der Waals surface area contributed by atoms with Gasteiger partial charge in [0.05, 0.1) is 0 Å². The second kappa shape index (κ2) is 6.33. The lowest BCUT2D eigenvalue weighted by Gasteiger charge is -2.63. The van der Waals surface area contributed by atoms with Gasteiger partial charge in [-0.2, -0.15) is 0 Å². The highest BCUT2D eigenvalue weighted by molar-refractivity contribution is 5.92. The van der Waals surface area contributed by atoms with E-state index in [1.165, 1.54) is 13.8 Å². The first kappa shape index (κ1) is 21.0. The maximum Gasteiger partial charge on any atom is 0.334 e. The van der Waals surface area contributed by atoms with Crippen molar-refractivity contribution in [3.63, 3.8) is 0 Å². The zero-order valence-corrected chi connectivity index (χ0v) is 19.2. The number of esters is 3. The van der Waals surface area contributed by atoms with E-state index in [1.807, 2.05) is 6.92 Å². The molecular weight excluding hydrogens is 400 g/mol. The molecule has 0 amide bonds. The zero-order valence-electron chi connectivity index (χ0n) is 19.2. The number of fused-ring (bicyclic) bond motifs is 4. The minimum absolute atomic E-state index is 0.0816. The van der Waals surface area contributed by atoms with Gasteiger partial charge in [0.1, 0.15) is 30.0 Å². The maximum absolute atomic E-state index is 12.3. The molecule has 4 fully saturated rings. The predicted molar refractivity (Wildman–Crippen MR) is 109 cm³/mol. The van der Waals surface area contributed by atoms with E-state index in [-0.39, 0.29) is 64.5 Å². The van der Waals surface area contributed by atoms with Gasteiger partial charge in [0.15, 0.2) is 0 Å². The molecule has 0 aromatic rings. The van der Waals surface area contributed by atoms with Crippen LogP contribution in [0.4, 0.5) is 0 Å². The quantitative estimate of drug-likeness (QED) is 0.376. The Bertz CT molecular complexity index is 904. The molecule has 0 bridgehead atoms. The van der Waals surface area contributed by atoms with E-state index in [1.54, 1.807) is 0 Å². The molecule has 31 heavy (non-hydrogen) atoms. The Balaban J connectivity index is 1.57. The van der Waals surface area contributed by atoms with E-state index in [4.69, 9.17) is 18.9 Å². The van der Waals surface area contributed by atoms with Crippen LogP contribution in [0.5, 0.6) is 0 Å². The minimum atomic E-state index is -0.400. The summed E-state index contributed by atoms with van der Waals surface area (Å²) in [5, 5.41) is 0. The fourth-order valence-electron chi connectivity index (χ4n) is 7.81. The number of carbonyl (C=O) groups excluding carboxylic acids is 3. The van der Waals surface area contributed by atoms with Gasteiger partial charge >= 0.3 is 17.9 Å². The fraction of sp³-hybridized carbons (Fsp3) is 0.792. The van der Waals surface area contributed by atoms with Crippen molar-refractivity contribution in [2.24, 2.45) is 22.7 Å². The van der Waals surface area contributed by atoms with Gasteiger partial charge in [-0.1, -0.05) is 20.8 Å². The number of hydrogen-bond acceptors (Lipinski definition) is 7. The summed E-state index contributed by atoms with van der Waals surface area (Å²) in [6.45, 7) is 11.2. The van der Waals surface area contributed by atoms with Crippen LogP contribution in [0.2, 0.25) is 0 Å². The molecule has 0 N–H and O–H groups in total. The Hall–Kier alpha value is -1.89. The van der Waals surface area contributed by atoms with Crippen molar-refractivity contribution in [1.29, 1.82) is 0 Å². The normalized spacial score (nSPS) is 46.7. The molecule has 0 aromatic heterocycles. The zero-order chi connectivity index (χ0) is 22.5. The van der Waals surface area contributed by atoms with Crippen molar-refractivity contribution >= 4 is 17.9 Å². The molecule has 5 rings (SSSR count). The monoisotopic (exact) mass is 432 g/mol. The molecule has 7 heteroatoms. The fourth-order valence-corrected chi connectivity index (χ4v) is 7.81. The lowest BCUT2D eigenvalue weighted by Crippen LogP contribution is -2.66. The smallest absolute Gasteiger partial charge is 0.334 e. The van der Waals surface area contributed by atoms with Crippen LogP contribution < -0.4 is 0 Å². The Morgan fingerprint density at radius 3 is 2.29 bits per heavy atom. The van der Waals surface area contributed by atoms with E-state index in [0.717, 1.165) is 18.4 Å². The van der Waals surface area contributed by atoms with E-state index in [9.17, 15) is 14.4 Å². The highest BCUT2D eigenvalue weighted by Gasteiger charge is 2.77. The second-order valence-electron chi connectivity index (χ2n) is 10.9. The molecular formula is C24H32O7. The number of epoxide rings is 1. The molecule has 0 unspecified atom stereocenters. The molecule has 2 aliphatic heterocycles. The van der Waals surface area contributed by atoms with Gasteiger partial charge in [-0.05, 0) is 32.1 Å². The molecule has 3 aliphatic carbocycles.